The van der Waals surface area contributed by atoms with Gasteiger partial charge in [0.2, 0.25) is 0 Å². The van der Waals surface area contributed by atoms with Crippen LogP contribution in [0.4, 0.5) is 0 Å². The van der Waals surface area contributed by atoms with E-state index in [-0.39, 0.29) is 12.1 Å². The number of aliphatic hydroxyl groups is 1. The van der Waals surface area contributed by atoms with E-state index in [1.54, 1.807) is 0 Å². The lowest BCUT2D eigenvalue weighted by molar-refractivity contribution is 0.0861. The third-order valence-corrected chi connectivity index (χ3v) is 4.87. The minimum Gasteiger partial charge on any atom is -0.391 e. The molecule has 0 saturated heterocycles. The van der Waals surface area contributed by atoms with E-state index < -0.39 is 0 Å². The van der Waals surface area contributed by atoms with Gasteiger partial charge in [-0.15, -0.1) is 0 Å². The van der Waals surface area contributed by atoms with Crippen LogP contribution < -0.4 is 0 Å². The molecule has 2 unspecified atom stereocenters. The highest BCUT2D eigenvalue weighted by atomic mass is 16.3. The number of nitrogens with zero attached hydrogens (tertiary/aromatic N) is 2. The van der Waals surface area contributed by atoms with Crippen LogP contribution in [0.1, 0.15) is 74.6 Å². The van der Waals surface area contributed by atoms with Crippen LogP contribution in [0.2, 0.25) is 0 Å². The Kier molecular flexibility index (Phi) is 3.92. The molecule has 0 bridgehead atoms. The van der Waals surface area contributed by atoms with Crippen LogP contribution in [0.15, 0.2) is 0 Å². The number of aryl methyl sites for hydroxylation is 2. The first-order chi connectivity index (χ1) is 9.27. The minimum atomic E-state index is -0.181. The summed E-state index contributed by atoms with van der Waals surface area (Å²) in [6.07, 6.45) is 11.7. The van der Waals surface area contributed by atoms with E-state index in [0.29, 0.717) is 0 Å². The Morgan fingerprint density at radius 1 is 1.00 bits per heavy atom. The predicted molar refractivity (Wildman–Crippen MR) is 76.4 cm³/mol. The van der Waals surface area contributed by atoms with Crippen molar-refractivity contribution in [2.24, 2.45) is 0 Å². The van der Waals surface area contributed by atoms with Crippen LogP contribution >= 0.6 is 0 Å². The lowest BCUT2D eigenvalue weighted by atomic mass is 9.93. The Morgan fingerprint density at radius 3 is 2.58 bits per heavy atom. The van der Waals surface area contributed by atoms with Crippen molar-refractivity contribution in [3.05, 3.63) is 17.2 Å². The van der Waals surface area contributed by atoms with Crippen molar-refractivity contribution in [2.45, 2.75) is 83.3 Å². The van der Waals surface area contributed by atoms with Crippen LogP contribution in [0.25, 0.3) is 0 Å². The number of imidazole rings is 1. The third-order valence-electron chi connectivity index (χ3n) is 4.87. The Bertz CT molecular complexity index is 438. The first kappa shape index (κ1) is 13.2. The molecule has 0 spiro atoms. The maximum Gasteiger partial charge on any atom is 0.106 e. The summed E-state index contributed by atoms with van der Waals surface area (Å²) in [5.74, 6) is 1.12. The fourth-order valence-electron chi connectivity index (χ4n) is 3.88. The molecule has 1 saturated carbocycles. The number of aliphatic hydroxyl groups excluding tert-OH is 1. The molecule has 0 aliphatic heterocycles. The molecule has 3 rings (SSSR count). The molecule has 1 fully saturated rings. The summed E-state index contributed by atoms with van der Waals surface area (Å²) < 4.78 is 2.39. The average molecular weight is 262 g/mol. The van der Waals surface area contributed by atoms with Crippen molar-refractivity contribution in [3.8, 4) is 0 Å². The van der Waals surface area contributed by atoms with Crippen molar-refractivity contribution in [3.63, 3.8) is 0 Å². The smallest absolute Gasteiger partial charge is 0.106 e. The van der Waals surface area contributed by atoms with Gasteiger partial charge in [-0.1, -0.05) is 25.7 Å². The van der Waals surface area contributed by atoms with Crippen LogP contribution in [0.5, 0.6) is 0 Å². The fourth-order valence-corrected chi connectivity index (χ4v) is 3.88. The third kappa shape index (κ3) is 2.58. The lowest BCUT2D eigenvalue weighted by Gasteiger charge is -2.30. The molecule has 1 heterocycles. The topological polar surface area (TPSA) is 38.0 Å². The highest BCUT2D eigenvalue weighted by Gasteiger charge is 2.28. The van der Waals surface area contributed by atoms with E-state index in [1.165, 1.54) is 49.9 Å². The molecule has 2 aliphatic carbocycles. The summed E-state index contributed by atoms with van der Waals surface area (Å²) in [7, 11) is 0. The standard InChI is InChI=1S/C16H26N2O/c1-12-17-13-8-6-7-9-14(13)18(12)15-10-4-2-3-5-11-16(15)19/h15-16,19H,2-11H2,1H3. The highest BCUT2D eigenvalue weighted by molar-refractivity contribution is 5.21. The van der Waals surface area contributed by atoms with Crippen LogP contribution in [0.3, 0.4) is 0 Å². The molecule has 0 radical (unpaired) electrons. The molecule has 1 N–H and O–H groups in total. The molecule has 0 amide bonds. The quantitative estimate of drug-likeness (QED) is 0.843. The Balaban J connectivity index is 1.92. The molecule has 106 valence electrons. The summed E-state index contributed by atoms with van der Waals surface area (Å²) >= 11 is 0. The number of hydrogen-bond acceptors (Lipinski definition) is 2. The maximum atomic E-state index is 10.5. The molecule has 19 heavy (non-hydrogen) atoms. The Morgan fingerprint density at radius 2 is 1.74 bits per heavy atom. The summed E-state index contributed by atoms with van der Waals surface area (Å²) in [5, 5.41) is 10.5. The second-order valence-electron chi connectivity index (χ2n) is 6.26. The molecular formula is C16H26N2O. The maximum absolute atomic E-state index is 10.5. The SMILES string of the molecule is Cc1nc2c(n1C1CCCCCCC1O)CCCC2. The van der Waals surface area contributed by atoms with E-state index in [4.69, 9.17) is 4.98 Å². The van der Waals surface area contributed by atoms with E-state index in [2.05, 4.69) is 11.5 Å². The summed E-state index contributed by atoms with van der Waals surface area (Å²) in [5.41, 5.74) is 2.73. The summed E-state index contributed by atoms with van der Waals surface area (Å²) in [6.45, 7) is 2.11. The first-order valence-corrected chi connectivity index (χ1v) is 8.02. The second-order valence-corrected chi connectivity index (χ2v) is 6.26. The van der Waals surface area contributed by atoms with Crippen LogP contribution in [0, 0.1) is 6.92 Å². The fraction of sp³-hybridized carbons (Fsp3) is 0.812. The van der Waals surface area contributed by atoms with Gasteiger partial charge >= 0.3 is 0 Å². The van der Waals surface area contributed by atoms with Crippen LogP contribution in [-0.4, -0.2) is 20.8 Å². The van der Waals surface area contributed by atoms with Gasteiger partial charge in [-0.25, -0.2) is 4.98 Å². The van der Waals surface area contributed by atoms with E-state index >= 15 is 0 Å². The molecule has 3 heteroatoms. The zero-order valence-corrected chi connectivity index (χ0v) is 12.1. The van der Waals surface area contributed by atoms with Crippen molar-refractivity contribution >= 4 is 0 Å². The number of fused-ring (bicyclic) bond motifs is 1. The van der Waals surface area contributed by atoms with Crippen LogP contribution in [-0.2, 0) is 12.8 Å². The molecule has 2 atom stereocenters. The van der Waals surface area contributed by atoms with E-state index in [0.717, 1.165) is 31.5 Å². The van der Waals surface area contributed by atoms with Gasteiger partial charge in [-0.2, -0.15) is 0 Å². The van der Waals surface area contributed by atoms with Crippen molar-refractivity contribution in [1.29, 1.82) is 0 Å². The van der Waals surface area contributed by atoms with Gasteiger partial charge in [0, 0.05) is 5.69 Å². The number of aromatic nitrogens is 2. The zero-order valence-electron chi connectivity index (χ0n) is 12.1. The number of hydrogen-bond donors (Lipinski definition) is 1. The monoisotopic (exact) mass is 262 g/mol. The van der Waals surface area contributed by atoms with E-state index in [9.17, 15) is 5.11 Å². The molecule has 1 aromatic rings. The van der Waals surface area contributed by atoms with E-state index in [1.807, 2.05) is 0 Å². The Labute approximate surface area is 116 Å². The second kappa shape index (κ2) is 5.66. The lowest BCUT2D eigenvalue weighted by Crippen LogP contribution is -2.28. The molecule has 1 aromatic heterocycles. The Hall–Kier alpha value is -0.830. The van der Waals surface area contributed by atoms with Gasteiger partial charge in [0.25, 0.3) is 0 Å². The van der Waals surface area contributed by atoms with Gasteiger partial charge in [-0.3, -0.25) is 0 Å². The predicted octanol–water partition coefficient (Wildman–Crippen LogP) is 3.33. The van der Waals surface area contributed by atoms with Gasteiger partial charge in [0.1, 0.15) is 5.82 Å². The molecular weight excluding hydrogens is 236 g/mol. The normalized spacial score (nSPS) is 28.5. The summed E-state index contributed by atoms with van der Waals surface area (Å²) in [6, 6.07) is 0.273. The van der Waals surface area contributed by atoms with Gasteiger partial charge in [0.05, 0.1) is 17.8 Å². The average Bonchev–Trinajstić information content (AvgIpc) is 2.71. The van der Waals surface area contributed by atoms with Crippen molar-refractivity contribution < 1.29 is 5.11 Å². The minimum absolute atomic E-state index is 0.181. The number of rotatable bonds is 1. The van der Waals surface area contributed by atoms with Crippen molar-refractivity contribution in [1.82, 2.24) is 9.55 Å². The summed E-state index contributed by atoms with van der Waals surface area (Å²) in [4.78, 5) is 4.77. The largest absolute Gasteiger partial charge is 0.391 e. The van der Waals surface area contributed by atoms with Gasteiger partial charge in [-0.05, 0) is 45.4 Å². The van der Waals surface area contributed by atoms with Gasteiger partial charge in [0.15, 0.2) is 0 Å². The van der Waals surface area contributed by atoms with Gasteiger partial charge < -0.3 is 9.67 Å². The van der Waals surface area contributed by atoms with Crippen molar-refractivity contribution in [2.75, 3.05) is 0 Å². The molecule has 0 aromatic carbocycles. The first-order valence-electron chi connectivity index (χ1n) is 8.02. The zero-order chi connectivity index (χ0) is 13.2. The molecule has 3 nitrogen and oxygen atoms in total. The highest BCUT2D eigenvalue weighted by Crippen LogP contribution is 2.32. The molecule has 2 aliphatic rings.